The zero-order valence-corrected chi connectivity index (χ0v) is 22.1. The van der Waals surface area contributed by atoms with Gasteiger partial charge >= 0.3 is 18.1 Å². The number of benzene rings is 3. The number of anilines is 3. The Morgan fingerprint density at radius 3 is 2.02 bits per heavy atom. The van der Waals surface area contributed by atoms with Crippen LogP contribution in [-0.4, -0.2) is 29.0 Å². The second-order valence-electron chi connectivity index (χ2n) is 8.24. The van der Waals surface area contributed by atoms with Gasteiger partial charge in [-0.2, -0.15) is 0 Å². The number of nitrogens with zero attached hydrogens (tertiary/aromatic N) is 1. The number of hydrogen-bond donors (Lipinski definition) is 4. The van der Waals surface area contributed by atoms with Crippen molar-refractivity contribution >= 4 is 52.7 Å². The maximum absolute atomic E-state index is 12.7. The Morgan fingerprint density at radius 2 is 1.39 bits per heavy atom. The van der Waals surface area contributed by atoms with Crippen LogP contribution in [0.4, 0.5) is 26.7 Å². The molecule has 12 nitrogen and oxygen atoms in total. The van der Waals surface area contributed by atoms with E-state index in [9.17, 15) is 19.2 Å². The standard InChI is InChI=1S/C28H22ClN5O7/c1-16(35)32-18-3-9-21(10-4-18)40-25-14-17(29)2-11-23(25)34-28(38)33-19-5-7-20(8-6-19)39-22-12-13-31-24(15-22)26(36)41-27(30)37/h2-15H,1H3,(H2,30,37)(H,32,35)(H2,33,34,38). The molecule has 0 atom stereocenters. The summed E-state index contributed by atoms with van der Waals surface area (Å²) in [5, 5.41) is 8.50. The van der Waals surface area contributed by atoms with E-state index >= 15 is 0 Å². The molecule has 13 heteroatoms. The average molecular weight is 576 g/mol. The van der Waals surface area contributed by atoms with Crippen LogP contribution in [0.15, 0.2) is 85.1 Å². The van der Waals surface area contributed by atoms with E-state index in [1.54, 1.807) is 66.7 Å². The van der Waals surface area contributed by atoms with Gasteiger partial charge in [0.25, 0.3) is 0 Å². The molecule has 0 saturated heterocycles. The van der Waals surface area contributed by atoms with Gasteiger partial charge in [-0.15, -0.1) is 0 Å². The van der Waals surface area contributed by atoms with Crippen LogP contribution in [-0.2, 0) is 9.53 Å². The van der Waals surface area contributed by atoms with Gasteiger partial charge in [0.05, 0.1) is 5.69 Å². The van der Waals surface area contributed by atoms with Gasteiger partial charge in [-0.3, -0.25) is 4.79 Å². The number of nitrogens with two attached hydrogens (primary N) is 1. The van der Waals surface area contributed by atoms with Gasteiger partial charge in [0.15, 0.2) is 11.4 Å². The third-order valence-corrected chi connectivity index (χ3v) is 5.31. The van der Waals surface area contributed by atoms with E-state index in [-0.39, 0.29) is 17.4 Å². The Hall–Kier alpha value is -5.62. The largest absolute Gasteiger partial charge is 0.457 e. The molecule has 208 valence electrons. The minimum atomic E-state index is -1.25. The molecule has 5 N–H and O–H groups in total. The number of amides is 4. The molecule has 0 aliphatic rings. The molecular formula is C28H22ClN5O7. The zero-order valence-electron chi connectivity index (χ0n) is 21.3. The van der Waals surface area contributed by atoms with Crippen molar-refractivity contribution in [3.05, 3.63) is 95.8 Å². The molecule has 0 fully saturated rings. The number of nitrogens with one attached hydrogen (secondary N) is 3. The van der Waals surface area contributed by atoms with Gasteiger partial charge in [0.2, 0.25) is 5.91 Å². The number of pyridine rings is 1. The smallest absolute Gasteiger partial charge is 0.412 e. The molecule has 1 aromatic heterocycles. The van der Waals surface area contributed by atoms with E-state index in [1.165, 1.54) is 25.3 Å². The van der Waals surface area contributed by atoms with E-state index < -0.39 is 18.1 Å². The molecule has 4 rings (SSSR count). The van der Waals surface area contributed by atoms with Gasteiger partial charge in [-0.1, -0.05) is 11.6 Å². The van der Waals surface area contributed by atoms with E-state index in [0.29, 0.717) is 39.3 Å². The molecule has 0 spiro atoms. The van der Waals surface area contributed by atoms with E-state index in [0.717, 1.165) is 0 Å². The molecule has 0 saturated carbocycles. The molecule has 4 amide bonds. The second kappa shape index (κ2) is 13.0. The highest BCUT2D eigenvalue weighted by atomic mass is 35.5. The van der Waals surface area contributed by atoms with Gasteiger partial charge < -0.3 is 35.9 Å². The van der Waals surface area contributed by atoms with E-state index in [4.69, 9.17) is 26.8 Å². The summed E-state index contributed by atoms with van der Waals surface area (Å²) in [5.41, 5.74) is 6.12. The lowest BCUT2D eigenvalue weighted by molar-refractivity contribution is -0.114. The monoisotopic (exact) mass is 575 g/mol. The lowest BCUT2D eigenvalue weighted by Crippen LogP contribution is -2.19. The van der Waals surface area contributed by atoms with Crippen molar-refractivity contribution in [1.29, 1.82) is 0 Å². The Morgan fingerprint density at radius 1 is 0.756 bits per heavy atom. The quantitative estimate of drug-likeness (QED) is 0.143. The van der Waals surface area contributed by atoms with E-state index in [2.05, 4.69) is 25.7 Å². The molecule has 0 aliphatic carbocycles. The normalized spacial score (nSPS) is 10.2. The van der Waals surface area contributed by atoms with Crippen molar-refractivity contribution in [2.45, 2.75) is 6.92 Å². The molecular weight excluding hydrogens is 554 g/mol. The van der Waals surface area contributed by atoms with Crippen LogP contribution in [0.25, 0.3) is 0 Å². The average Bonchev–Trinajstić information content (AvgIpc) is 2.92. The summed E-state index contributed by atoms with van der Waals surface area (Å²) in [6.07, 6.45) is 0.0625. The van der Waals surface area contributed by atoms with Crippen molar-refractivity contribution in [2.75, 3.05) is 16.0 Å². The Kier molecular flexibility index (Phi) is 8.97. The molecule has 0 bridgehead atoms. The number of carbonyl (C=O) groups is 4. The van der Waals surface area contributed by atoms with Gasteiger partial charge in [-0.25, -0.2) is 19.4 Å². The fourth-order valence-corrected chi connectivity index (χ4v) is 3.54. The summed E-state index contributed by atoms with van der Waals surface area (Å²) in [7, 11) is 0. The number of halogens is 1. The molecule has 3 aromatic carbocycles. The fourth-order valence-electron chi connectivity index (χ4n) is 3.38. The first-order valence-corrected chi connectivity index (χ1v) is 12.2. The number of urea groups is 1. The topological polar surface area (TPSA) is 171 Å². The molecule has 0 unspecified atom stereocenters. The maximum Gasteiger partial charge on any atom is 0.412 e. The molecule has 0 aliphatic heterocycles. The molecule has 0 radical (unpaired) electrons. The maximum atomic E-state index is 12.7. The van der Waals surface area contributed by atoms with E-state index in [1.807, 2.05) is 0 Å². The van der Waals surface area contributed by atoms with Gasteiger partial charge in [0.1, 0.15) is 17.2 Å². The fraction of sp³-hybridized carbons (Fsp3) is 0.0357. The van der Waals surface area contributed by atoms with Crippen LogP contribution in [0, 0.1) is 0 Å². The molecule has 4 aromatic rings. The first kappa shape index (κ1) is 28.4. The third-order valence-electron chi connectivity index (χ3n) is 5.08. The summed E-state index contributed by atoms with van der Waals surface area (Å²) < 4.78 is 15.9. The van der Waals surface area contributed by atoms with Crippen molar-refractivity contribution in [1.82, 2.24) is 4.98 Å². The van der Waals surface area contributed by atoms with Crippen LogP contribution >= 0.6 is 11.6 Å². The third kappa shape index (κ3) is 8.43. The Balaban J connectivity index is 1.37. The number of ether oxygens (including phenoxy) is 3. The second-order valence-corrected chi connectivity index (χ2v) is 8.68. The number of primary amides is 1. The van der Waals surface area contributed by atoms with Crippen LogP contribution in [0.3, 0.4) is 0 Å². The van der Waals surface area contributed by atoms with Crippen LogP contribution in [0.1, 0.15) is 17.4 Å². The Bertz CT molecular complexity index is 1590. The number of carbonyl (C=O) groups excluding carboxylic acids is 4. The van der Waals surface area contributed by atoms with Gasteiger partial charge in [0, 0.05) is 41.7 Å². The molecule has 41 heavy (non-hydrogen) atoms. The predicted octanol–water partition coefficient (Wildman–Crippen LogP) is 6.16. The summed E-state index contributed by atoms with van der Waals surface area (Å²) in [6.45, 7) is 1.41. The number of esters is 1. The highest BCUT2D eigenvalue weighted by Gasteiger charge is 2.14. The predicted molar refractivity (Wildman–Crippen MR) is 151 cm³/mol. The highest BCUT2D eigenvalue weighted by Crippen LogP contribution is 2.33. The highest BCUT2D eigenvalue weighted by molar-refractivity contribution is 6.30. The number of rotatable bonds is 8. The SMILES string of the molecule is CC(=O)Nc1ccc(Oc2cc(Cl)ccc2NC(=O)Nc2ccc(Oc3ccnc(C(=O)OC(N)=O)c3)cc2)cc1. The number of hydrogen-bond acceptors (Lipinski definition) is 8. The zero-order chi connectivity index (χ0) is 29.4. The van der Waals surface area contributed by atoms with Crippen molar-refractivity contribution in [3.8, 4) is 23.0 Å². The van der Waals surface area contributed by atoms with Crippen LogP contribution in [0.5, 0.6) is 23.0 Å². The Labute approximate surface area is 238 Å². The summed E-state index contributed by atoms with van der Waals surface area (Å²) >= 11 is 6.14. The summed E-state index contributed by atoms with van der Waals surface area (Å²) in [5.74, 6) is 0.223. The van der Waals surface area contributed by atoms with Crippen molar-refractivity contribution in [3.63, 3.8) is 0 Å². The van der Waals surface area contributed by atoms with Crippen molar-refractivity contribution < 1.29 is 33.4 Å². The summed E-state index contributed by atoms with van der Waals surface area (Å²) in [6, 6.07) is 20.1. The first-order valence-electron chi connectivity index (χ1n) is 11.8. The first-order chi connectivity index (χ1) is 19.6. The van der Waals surface area contributed by atoms with Gasteiger partial charge in [-0.05, 0) is 66.7 Å². The lowest BCUT2D eigenvalue weighted by Gasteiger charge is -2.14. The lowest BCUT2D eigenvalue weighted by atomic mass is 10.2. The van der Waals surface area contributed by atoms with Crippen molar-refractivity contribution in [2.24, 2.45) is 5.73 Å². The minimum absolute atomic E-state index is 0.163. The molecule has 1 heterocycles. The number of aromatic nitrogens is 1. The summed E-state index contributed by atoms with van der Waals surface area (Å²) in [4.78, 5) is 50.3. The minimum Gasteiger partial charge on any atom is -0.457 e. The van der Waals surface area contributed by atoms with Crippen LogP contribution in [0.2, 0.25) is 5.02 Å². The van der Waals surface area contributed by atoms with Crippen LogP contribution < -0.4 is 31.2 Å².